The molecular weight excluding hydrogens is 214 g/mol. The molecule has 0 aromatic carbocycles. The summed E-state index contributed by atoms with van der Waals surface area (Å²) in [5, 5.41) is 7.54. The van der Waals surface area contributed by atoms with Crippen molar-refractivity contribution in [1.82, 2.24) is 19.3 Å². The van der Waals surface area contributed by atoms with Crippen LogP contribution in [0.1, 0.15) is 22.6 Å². The van der Waals surface area contributed by atoms with Crippen LogP contribution in [0.25, 0.3) is 0 Å². The van der Waals surface area contributed by atoms with Gasteiger partial charge in [0.25, 0.3) is 0 Å². The number of aromatic nitrogens is 4. The van der Waals surface area contributed by atoms with Crippen molar-refractivity contribution >= 4 is 5.95 Å². The average molecular weight is 233 g/mol. The van der Waals surface area contributed by atoms with E-state index >= 15 is 0 Å². The normalized spacial score (nSPS) is 10.9. The Morgan fingerprint density at radius 3 is 2.53 bits per heavy atom. The van der Waals surface area contributed by atoms with Crippen LogP contribution in [-0.2, 0) is 13.6 Å². The molecule has 0 unspecified atom stereocenters. The van der Waals surface area contributed by atoms with Gasteiger partial charge in [0.2, 0.25) is 5.95 Å². The van der Waals surface area contributed by atoms with Gasteiger partial charge in [0.05, 0.1) is 17.9 Å². The molecular formula is C12H19N5. The highest BCUT2D eigenvalue weighted by Crippen LogP contribution is 2.17. The first-order valence-corrected chi connectivity index (χ1v) is 5.73. The molecule has 0 aliphatic carbocycles. The zero-order chi connectivity index (χ0) is 12.6. The molecule has 0 aliphatic heterocycles. The molecule has 5 nitrogen and oxygen atoms in total. The van der Waals surface area contributed by atoms with Crippen molar-refractivity contribution in [2.75, 3.05) is 12.4 Å². The van der Waals surface area contributed by atoms with Crippen molar-refractivity contribution in [3.63, 3.8) is 0 Å². The van der Waals surface area contributed by atoms with Crippen LogP contribution in [0.3, 0.4) is 0 Å². The molecule has 1 N–H and O–H groups in total. The first-order valence-electron chi connectivity index (χ1n) is 5.73. The Balaban J connectivity index is 2.37. The summed E-state index contributed by atoms with van der Waals surface area (Å²) in [6.07, 6.45) is 2.05. The predicted molar refractivity (Wildman–Crippen MR) is 68.3 cm³/mol. The SMILES string of the molecule is CNc1nc(C)cn1Cc1c(C)nn(C)c1C. The number of nitrogens with zero attached hydrogens (tertiary/aromatic N) is 4. The van der Waals surface area contributed by atoms with Crippen LogP contribution in [0.2, 0.25) is 0 Å². The molecule has 92 valence electrons. The van der Waals surface area contributed by atoms with E-state index in [4.69, 9.17) is 0 Å². The van der Waals surface area contributed by atoms with Crippen LogP contribution in [-0.4, -0.2) is 26.4 Å². The van der Waals surface area contributed by atoms with Crippen LogP contribution < -0.4 is 5.32 Å². The van der Waals surface area contributed by atoms with E-state index in [0.717, 1.165) is 23.9 Å². The minimum Gasteiger partial charge on any atom is -0.359 e. The number of aryl methyl sites for hydroxylation is 3. The molecule has 2 aromatic rings. The van der Waals surface area contributed by atoms with Gasteiger partial charge in [0.1, 0.15) is 0 Å². The zero-order valence-corrected chi connectivity index (χ0v) is 11.1. The summed E-state index contributed by atoms with van der Waals surface area (Å²) in [6.45, 7) is 6.95. The topological polar surface area (TPSA) is 47.7 Å². The number of hydrogen-bond acceptors (Lipinski definition) is 3. The molecule has 17 heavy (non-hydrogen) atoms. The maximum atomic E-state index is 4.43. The maximum Gasteiger partial charge on any atom is 0.203 e. The van der Waals surface area contributed by atoms with Crippen molar-refractivity contribution in [3.8, 4) is 0 Å². The fraction of sp³-hybridized carbons (Fsp3) is 0.500. The average Bonchev–Trinajstić information content (AvgIpc) is 2.74. The zero-order valence-electron chi connectivity index (χ0n) is 11.1. The van der Waals surface area contributed by atoms with Crippen LogP contribution >= 0.6 is 0 Å². The number of anilines is 1. The van der Waals surface area contributed by atoms with Crippen LogP contribution in [0.5, 0.6) is 0 Å². The lowest BCUT2D eigenvalue weighted by molar-refractivity contribution is 0.727. The molecule has 0 saturated carbocycles. The van der Waals surface area contributed by atoms with Gasteiger partial charge < -0.3 is 9.88 Å². The van der Waals surface area contributed by atoms with Crippen LogP contribution in [0.4, 0.5) is 5.95 Å². The molecule has 0 aliphatic rings. The standard InChI is InChI=1S/C12H19N5/c1-8-6-17(12(13-4)14-8)7-11-9(2)15-16(5)10(11)3/h6H,7H2,1-5H3,(H,13,14). The maximum absolute atomic E-state index is 4.43. The van der Waals surface area contributed by atoms with Gasteiger partial charge in [-0.15, -0.1) is 0 Å². The lowest BCUT2D eigenvalue weighted by Crippen LogP contribution is -2.05. The Kier molecular flexibility index (Phi) is 2.92. The largest absolute Gasteiger partial charge is 0.359 e. The second kappa shape index (κ2) is 4.24. The van der Waals surface area contributed by atoms with Gasteiger partial charge in [0.15, 0.2) is 0 Å². The van der Waals surface area contributed by atoms with Gasteiger partial charge in [-0.3, -0.25) is 4.68 Å². The smallest absolute Gasteiger partial charge is 0.203 e. The highest BCUT2D eigenvalue weighted by Gasteiger charge is 2.12. The van der Waals surface area contributed by atoms with E-state index in [2.05, 4.69) is 33.1 Å². The molecule has 0 atom stereocenters. The van der Waals surface area contributed by atoms with E-state index < -0.39 is 0 Å². The Labute approximate surface area is 101 Å². The number of imidazole rings is 1. The van der Waals surface area contributed by atoms with Gasteiger partial charge in [-0.1, -0.05) is 0 Å². The molecule has 0 amide bonds. The number of hydrogen-bond donors (Lipinski definition) is 1. The quantitative estimate of drug-likeness (QED) is 0.876. The van der Waals surface area contributed by atoms with Gasteiger partial charge in [-0.25, -0.2) is 4.98 Å². The van der Waals surface area contributed by atoms with Crippen LogP contribution in [0, 0.1) is 20.8 Å². The first-order chi connectivity index (χ1) is 8.02. The van der Waals surface area contributed by atoms with Crippen molar-refractivity contribution in [1.29, 1.82) is 0 Å². The summed E-state index contributed by atoms with van der Waals surface area (Å²) in [6, 6.07) is 0. The van der Waals surface area contributed by atoms with Crippen LogP contribution in [0.15, 0.2) is 6.20 Å². The molecule has 5 heteroatoms. The molecule has 0 bridgehead atoms. The second-order valence-electron chi connectivity index (χ2n) is 4.36. The highest BCUT2D eigenvalue weighted by atomic mass is 15.3. The first kappa shape index (κ1) is 11.7. The second-order valence-corrected chi connectivity index (χ2v) is 4.36. The van der Waals surface area contributed by atoms with Gasteiger partial charge >= 0.3 is 0 Å². The summed E-state index contributed by atoms with van der Waals surface area (Å²) in [5.74, 6) is 0.894. The van der Waals surface area contributed by atoms with Gasteiger partial charge in [-0.2, -0.15) is 5.10 Å². The third-order valence-corrected chi connectivity index (χ3v) is 3.11. The molecule has 0 radical (unpaired) electrons. The van der Waals surface area contributed by atoms with E-state index in [1.807, 2.05) is 32.6 Å². The van der Waals surface area contributed by atoms with Crippen molar-refractivity contribution < 1.29 is 0 Å². The summed E-state index contributed by atoms with van der Waals surface area (Å²) in [4.78, 5) is 4.42. The lowest BCUT2D eigenvalue weighted by Gasteiger charge is -2.07. The fourth-order valence-corrected chi connectivity index (χ4v) is 2.08. The minimum absolute atomic E-state index is 0.808. The molecule has 0 fully saturated rings. The predicted octanol–water partition coefficient (Wildman–Crippen LogP) is 1.63. The lowest BCUT2D eigenvalue weighted by atomic mass is 10.2. The molecule has 0 spiro atoms. The molecule has 0 saturated heterocycles. The third kappa shape index (κ3) is 2.05. The Hall–Kier alpha value is -1.78. The number of rotatable bonds is 3. The Morgan fingerprint density at radius 1 is 1.29 bits per heavy atom. The van der Waals surface area contributed by atoms with E-state index in [0.29, 0.717) is 0 Å². The summed E-state index contributed by atoms with van der Waals surface area (Å²) in [5.41, 5.74) is 4.57. The van der Waals surface area contributed by atoms with E-state index in [1.165, 1.54) is 11.3 Å². The highest BCUT2D eigenvalue weighted by molar-refractivity contribution is 5.32. The molecule has 2 aromatic heterocycles. The van der Waals surface area contributed by atoms with E-state index in [-0.39, 0.29) is 0 Å². The summed E-state index contributed by atoms with van der Waals surface area (Å²) >= 11 is 0. The number of nitrogens with one attached hydrogen (secondary N) is 1. The van der Waals surface area contributed by atoms with Crippen molar-refractivity contribution in [2.45, 2.75) is 27.3 Å². The van der Waals surface area contributed by atoms with E-state index in [9.17, 15) is 0 Å². The third-order valence-electron chi connectivity index (χ3n) is 3.11. The summed E-state index contributed by atoms with van der Waals surface area (Å²) in [7, 11) is 3.87. The summed E-state index contributed by atoms with van der Waals surface area (Å²) < 4.78 is 4.04. The van der Waals surface area contributed by atoms with Crippen molar-refractivity contribution in [2.24, 2.45) is 7.05 Å². The van der Waals surface area contributed by atoms with Crippen molar-refractivity contribution in [3.05, 3.63) is 28.8 Å². The minimum atomic E-state index is 0.808. The van der Waals surface area contributed by atoms with Gasteiger partial charge in [-0.05, 0) is 20.8 Å². The molecule has 2 rings (SSSR count). The Morgan fingerprint density at radius 2 is 2.00 bits per heavy atom. The molecule has 2 heterocycles. The Bertz CT molecular complexity index is 535. The monoisotopic (exact) mass is 233 g/mol. The van der Waals surface area contributed by atoms with E-state index in [1.54, 1.807) is 0 Å². The van der Waals surface area contributed by atoms with Gasteiger partial charge in [0, 0.05) is 31.5 Å². The fourth-order valence-electron chi connectivity index (χ4n) is 2.08.